The van der Waals surface area contributed by atoms with Gasteiger partial charge in [0, 0.05) is 5.33 Å². The smallest absolute Gasteiger partial charge is 0.462 e. The molecule has 21 heavy (non-hydrogen) atoms. The third kappa shape index (κ3) is 4.51. The van der Waals surface area contributed by atoms with Crippen molar-refractivity contribution in [1.29, 1.82) is 0 Å². The van der Waals surface area contributed by atoms with Gasteiger partial charge in [-0.15, -0.1) is 13.2 Å². The van der Waals surface area contributed by atoms with Gasteiger partial charge in [-0.1, -0.05) is 15.9 Å². The molecule has 0 saturated carbocycles. The van der Waals surface area contributed by atoms with E-state index in [1.807, 2.05) is 0 Å². The number of rotatable bonds is 5. The molecule has 0 aliphatic rings. The Kier molecular flexibility index (Phi) is 5.87. The fraction of sp³-hybridized carbons (Fsp3) is 0.455. The third-order valence-electron chi connectivity index (χ3n) is 2.21. The second-order valence-electron chi connectivity index (χ2n) is 3.56. The quantitative estimate of drug-likeness (QED) is 0.442. The normalized spacial score (nSPS) is 11.6. The molecule has 118 valence electrons. The van der Waals surface area contributed by atoms with Crippen molar-refractivity contribution in [2.75, 3.05) is 6.61 Å². The summed E-state index contributed by atoms with van der Waals surface area (Å²) in [7, 11) is 0. The van der Waals surface area contributed by atoms with E-state index in [1.54, 1.807) is 0 Å². The van der Waals surface area contributed by atoms with Crippen molar-refractivity contribution >= 4 is 21.9 Å². The van der Waals surface area contributed by atoms with Crippen molar-refractivity contribution in [1.82, 2.24) is 4.98 Å². The van der Waals surface area contributed by atoms with Gasteiger partial charge in [-0.3, -0.25) is 4.98 Å². The predicted octanol–water partition coefficient (Wildman–Crippen LogP) is 3.99. The first-order valence-electron chi connectivity index (χ1n) is 5.50. The number of esters is 1. The molecule has 10 heteroatoms. The van der Waals surface area contributed by atoms with E-state index >= 15 is 0 Å². The van der Waals surface area contributed by atoms with Gasteiger partial charge in [-0.25, -0.2) is 13.6 Å². The number of nitrogens with zero attached hydrogens (tertiary/aromatic N) is 1. The lowest BCUT2D eigenvalue weighted by Crippen LogP contribution is -2.21. The molecular formula is C11H9BrF5NO3. The number of hydrogen-bond acceptors (Lipinski definition) is 4. The monoisotopic (exact) mass is 377 g/mol. The van der Waals surface area contributed by atoms with Gasteiger partial charge in [0.25, 0.3) is 6.43 Å². The van der Waals surface area contributed by atoms with Crippen molar-refractivity contribution in [3.05, 3.63) is 23.0 Å². The van der Waals surface area contributed by atoms with Crippen LogP contribution in [-0.4, -0.2) is 23.9 Å². The lowest BCUT2D eigenvalue weighted by atomic mass is 10.1. The highest BCUT2D eigenvalue weighted by molar-refractivity contribution is 9.08. The van der Waals surface area contributed by atoms with Gasteiger partial charge in [0.05, 0.1) is 24.1 Å². The predicted molar refractivity (Wildman–Crippen MR) is 64.5 cm³/mol. The molecule has 0 bridgehead atoms. The molecule has 0 spiro atoms. The Balaban J connectivity index is 3.50. The number of pyridine rings is 1. The maximum atomic E-state index is 13.1. The number of halogens is 6. The largest absolute Gasteiger partial charge is 0.573 e. The number of aromatic nitrogens is 1. The van der Waals surface area contributed by atoms with E-state index in [0.29, 0.717) is 6.20 Å². The maximum absolute atomic E-state index is 13.1. The summed E-state index contributed by atoms with van der Waals surface area (Å²) in [5, 5.41) is -0.175. The Morgan fingerprint density at radius 1 is 1.43 bits per heavy atom. The van der Waals surface area contributed by atoms with Crippen molar-refractivity contribution in [3.63, 3.8) is 0 Å². The highest BCUT2D eigenvalue weighted by atomic mass is 79.9. The summed E-state index contributed by atoms with van der Waals surface area (Å²) in [6.45, 7) is 1.19. The highest BCUT2D eigenvalue weighted by Gasteiger charge is 2.36. The first-order valence-corrected chi connectivity index (χ1v) is 6.62. The molecule has 0 N–H and O–H groups in total. The maximum Gasteiger partial charge on any atom is 0.573 e. The minimum absolute atomic E-state index is 0.175. The summed E-state index contributed by atoms with van der Waals surface area (Å²) in [4.78, 5) is 15.1. The van der Waals surface area contributed by atoms with Crippen LogP contribution >= 0.6 is 15.9 Å². The minimum atomic E-state index is -5.15. The summed E-state index contributed by atoms with van der Waals surface area (Å²) >= 11 is 2.87. The van der Waals surface area contributed by atoms with E-state index in [-0.39, 0.29) is 17.6 Å². The van der Waals surface area contributed by atoms with Crippen LogP contribution in [0.25, 0.3) is 0 Å². The molecule has 1 aromatic heterocycles. The van der Waals surface area contributed by atoms with E-state index in [1.165, 1.54) is 6.92 Å². The Hall–Kier alpha value is -1.45. The van der Waals surface area contributed by atoms with Crippen molar-refractivity contribution in [2.45, 2.75) is 25.0 Å². The summed E-state index contributed by atoms with van der Waals surface area (Å²) in [6, 6.07) is 0. The molecule has 0 fully saturated rings. The fourth-order valence-electron chi connectivity index (χ4n) is 1.51. The SMILES string of the molecule is CCOC(=O)c1c(OC(F)(F)F)cnc(CBr)c1C(F)F. The van der Waals surface area contributed by atoms with Gasteiger partial charge in [0.15, 0.2) is 5.75 Å². The Bertz CT molecular complexity index is 521. The van der Waals surface area contributed by atoms with E-state index < -0.39 is 35.6 Å². The molecule has 0 aliphatic heterocycles. The number of alkyl halides is 6. The summed E-state index contributed by atoms with van der Waals surface area (Å²) in [5.74, 6) is -2.46. The van der Waals surface area contributed by atoms with Gasteiger partial charge >= 0.3 is 12.3 Å². The van der Waals surface area contributed by atoms with Crippen LogP contribution in [-0.2, 0) is 10.1 Å². The molecule has 0 aromatic carbocycles. The van der Waals surface area contributed by atoms with Crippen LogP contribution in [0.3, 0.4) is 0 Å². The molecular weight excluding hydrogens is 369 g/mol. The zero-order valence-corrected chi connectivity index (χ0v) is 12.1. The third-order valence-corrected chi connectivity index (χ3v) is 2.75. The molecule has 4 nitrogen and oxygen atoms in total. The first-order chi connectivity index (χ1) is 9.71. The Morgan fingerprint density at radius 3 is 2.48 bits per heavy atom. The molecule has 1 rings (SSSR count). The second kappa shape index (κ2) is 7.01. The number of ether oxygens (including phenoxy) is 2. The van der Waals surface area contributed by atoms with Crippen LogP contribution in [0.15, 0.2) is 6.20 Å². The molecule has 0 radical (unpaired) electrons. The van der Waals surface area contributed by atoms with Crippen LogP contribution in [0.4, 0.5) is 22.0 Å². The topological polar surface area (TPSA) is 48.4 Å². The van der Waals surface area contributed by atoms with Gasteiger partial charge in [-0.05, 0) is 6.92 Å². The van der Waals surface area contributed by atoms with Crippen molar-refractivity contribution in [2.24, 2.45) is 0 Å². The highest BCUT2D eigenvalue weighted by Crippen LogP contribution is 2.35. The zero-order valence-electron chi connectivity index (χ0n) is 10.5. The lowest BCUT2D eigenvalue weighted by molar-refractivity contribution is -0.274. The van der Waals surface area contributed by atoms with E-state index in [2.05, 4.69) is 30.4 Å². The summed E-state index contributed by atoms with van der Waals surface area (Å²) in [5.41, 5.74) is -2.21. The van der Waals surface area contributed by atoms with Gasteiger partial charge in [-0.2, -0.15) is 0 Å². The molecule has 0 unspecified atom stereocenters. The standard InChI is InChI=1S/C11H9BrF5NO3/c1-2-20-10(19)8-6(21-11(15,16)17)4-18-5(3-12)7(8)9(13)14/h4,9H,2-3H2,1H3. The van der Waals surface area contributed by atoms with Gasteiger partial charge in [0.1, 0.15) is 5.56 Å². The Labute approximate surface area is 124 Å². The molecule has 1 heterocycles. The fourth-order valence-corrected chi connectivity index (χ4v) is 1.95. The van der Waals surface area contributed by atoms with Crippen LogP contribution < -0.4 is 4.74 Å². The van der Waals surface area contributed by atoms with Crippen LogP contribution in [0.2, 0.25) is 0 Å². The zero-order chi connectivity index (χ0) is 16.2. The van der Waals surface area contributed by atoms with Gasteiger partial charge < -0.3 is 9.47 Å². The van der Waals surface area contributed by atoms with E-state index in [0.717, 1.165) is 0 Å². The number of carbonyl (C=O) groups is 1. The summed E-state index contributed by atoms with van der Waals surface area (Å²) < 4.78 is 71.1. The molecule has 0 saturated heterocycles. The van der Waals surface area contributed by atoms with Crippen molar-refractivity contribution in [3.8, 4) is 5.75 Å². The van der Waals surface area contributed by atoms with E-state index in [9.17, 15) is 26.7 Å². The van der Waals surface area contributed by atoms with Crippen molar-refractivity contribution < 1.29 is 36.2 Å². The van der Waals surface area contributed by atoms with Gasteiger partial charge in [0.2, 0.25) is 0 Å². The second-order valence-corrected chi connectivity index (χ2v) is 4.12. The molecule has 1 aromatic rings. The molecule has 0 amide bonds. The first kappa shape index (κ1) is 17.6. The number of carbonyl (C=O) groups excluding carboxylic acids is 1. The molecule has 0 aliphatic carbocycles. The van der Waals surface area contributed by atoms with Crippen LogP contribution in [0.5, 0.6) is 5.75 Å². The minimum Gasteiger partial charge on any atom is -0.462 e. The average Bonchev–Trinajstić information content (AvgIpc) is 2.36. The molecule has 0 atom stereocenters. The van der Waals surface area contributed by atoms with E-state index in [4.69, 9.17) is 0 Å². The lowest BCUT2D eigenvalue weighted by Gasteiger charge is -2.17. The Morgan fingerprint density at radius 2 is 2.05 bits per heavy atom. The summed E-state index contributed by atoms with van der Waals surface area (Å²) in [6.07, 6.45) is -7.82. The average molecular weight is 378 g/mol. The number of hydrogen-bond donors (Lipinski definition) is 0. The van der Waals surface area contributed by atoms with Crippen LogP contribution in [0.1, 0.15) is 35.0 Å². The van der Waals surface area contributed by atoms with Crippen LogP contribution in [0, 0.1) is 0 Å².